The lowest BCUT2D eigenvalue weighted by molar-refractivity contribution is -0.122. The summed E-state index contributed by atoms with van der Waals surface area (Å²) in [5.41, 5.74) is 2.36. The van der Waals surface area contributed by atoms with Crippen molar-refractivity contribution in [2.24, 2.45) is 0 Å². The van der Waals surface area contributed by atoms with Gasteiger partial charge in [-0.15, -0.1) is 0 Å². The molecule has 0 saturated heterocycles. The van der Waals surface area contributed by atoms with Gasteiger partial charge in [-0.25, -0.2) is 4.79 Å². The van der Waals surface area contributed by atoms with Gasteiger partial charge in [0.25, 0.3) is 5.91 Å². The lowest BCUT2D eigenvalue weighted by Gasteiger charge is -2.22. The number of carbonyl (C=O) groups is 2. The predicted molar refractivity (Wildman–Crippen MR) is 88.8 cm³/mol. The minimum absolute atomic E-state index is 0.0600. The Bertz CT molecular complexity index is 759. The van der Waals surface area contributed by atoms with E-state index in [9.17, 15) is 9.59 Å². The van der Waals surface area contributed by atoms with Gasteiger partial charge >= 0.3 is 5.97 Å². The van der Waals surface area contributed by atoms with Crippen LogP contribution >= 0.6 is 11.6 Å². The second kappa shape index (κ2) is 6.42. The third kappa shape index (κ3) is 3.22. The number of anilines is 1. The number of carbonyl (C=O) groups excluding carboxylic acids is 2. The summed E-state index contributed by atoms with van der Waals surface area (Å²) >= 11 is 5.85. The van der Waals surface area contributed by atoms with Crippen LogP contribution in [0.5, 0.6) is 0 Å². The van der Waals surface area contributed by atoms with Crippen molar-refractivity contribution in [2.45, 2.75) is 19.4 Å². The van der Waals surface area contributed by atoms with Crippen LogP contribution in [-0.4, -0.2) is 24.5 Å². The van der Waals surface area contributed by atoms with E-state index < -0.39 is 5.97 Å². The average molecular weight is 330 g/mol. The Balaban J connectivity index is 1.67. The molecular formula is C18H16ClNO3. The number of ether oxygens (including phenoxy) is 1. The highest BCUT2D eigenvalue weighted by atomic mass is 35.5. The molecule has 0 spiro atoms. The van der Waals surface area contributed by atoms with Crippen LogP contribution in [0.3, 0.4) is 0 Å². The van der Waals surface area contributed by atoms with Crippen molar-refractivity contribution in [2.75, 3.05) is 11.5 Å². The minimum atomic E-state index is -0.555. The molecule has 3 rings (SSSR count). The van der Waals surface area contributed by atoms with Crippen molar-refractivity contribution < 1.29 is 14.3 Å². The third-order valence-electron chi connectivity index (χ3n) is 3.86. The maximum Gasteiger partial charge on any atom is 0.338 e. The summed E-state index contributed by atoms with van der Waals surface area (Å²) in [6.07, 6.45) is 0.810. The largest absolute Gasteiger partial charge is 0.452 e. The summed E-state index contributed by atoms with van der Waals surface area (Å²) in [4.78, 5) is 26.1. The van der Waals surface area contributed by atoms with Crippen LogP contribution in [0.2, 0.25) is 5.02 Å². The molecule has 23 heavy (non-hydrogen) atoms. The van der Waals surface area contributed by atoms with Crippen molar-refractivity contribution in [3.05, 3.63) is 64.7 Å². The molecule has 0 bridgehead atoms. The Hall–Kier alpha value is -2.33. The smallest absolute Gasteiger partial charge is 0.338 e. The van der Waals surface area contributed by atoms with Gasteiger partial charge in [0.15, 0.2) is 6.61 Å². The number of benzene rings is 2. The van der Waals surface area contributed by atoms with Crippen LogP contribution in [0.25, 0.3) is 0 Å². The molecule has 0 N–H and O–H groups in total. The highest BCUT2D eigenvalue weighted by molar-refractivity contribution is 6.30. The second-order valence-electron chi connectivity index (χ2n) is 5.53. The number of hydrogen-bond acceptors (Lipinski definition) is 3. The summed E-state index contributed by atoms with van der Waals surface area (Å²) in [5, 5.41) is 0.452. The van der Waals surface area contributed by atoms with Gasteiger partial charge in [0.2, 0.25) is 0 Å². The van der Waals surface area contributed by atoms with Crippen LogP contribution < -0.4 is 4.90 Å². The van der Waals surface area contributed by atoms with E-state index in [4.69, 9.17) is 16.3 Å². The van der Waals surface area contributed by atoms with Gasteiger partial charge in [0, 0.05) is 16.8 Å². The molecule has 5 heteroatoms. The summed E-state index contributed by atoms with van der Waals surface area (Å²) < 4.78 is 5.13. The lowest BCUT2D eigenvalue weighted by atomic mass is 10.1. The first-order valence-electron chi connectivity index (χ1n) is 7.39. The minimum Gasteiger partial charge on any atom is -0.452 e. The third-order valence-corrected chi connectivity index (χ3v) is 4.10. The van der Waals surface area contributed by atoms with Crippen molar-refractivity contribution >= 4 is 29.2 Å². The number of halogens is 1. The van der Waals surface area contributed by atoms with E-state index in [-0.39, 0.29) is 18.6 Å². The highest BCUT2D eigenvalue weighted by Gasteiger charge is 2.30. The normalized spacial score (nSPS) is 16.1. The Morgan fingerprint density at radius 1 is 1.22 bits per heavy atom. The van der Waals surface area contributed by atoms with Gasteiger partial charge in [-0.2, -0.15) is 0 Å². The van der Waals surface area contributed by atoms with Crippen LogP contribution in [0, 0.1) is 0 Å². The SMILES string of the molecule is C[C@H]1Cc2ccccc2N1C(=O)COC(=O)c1cccc(Cl)c1. The van der Waals surface area contributed by atoms with Gasteiger partial charge in [-0.05, 0) is 43.2 Å². The molecule has 1 heterocycles. The fourth-order valence-electron chi connectivity index (χ4n) is 2.84. The molecule has 0 unspecified atom stereocenters. The van der Waals surface area contributed by atoms with Crippen molar-refractivity contribution in [3.63, 3.8) is 0 Å². The molecule has 0 aliphatic carbocycles. The van der Waals surface area contributed by atoms with Crippen LogP contribution in [0.15, 0.2) is 48.5 Å². The first-order chi connectivity index (χ1) is 11.1. The number of amides is 1. The zero-order chi connectivity index (χ0) is 16.4. The molecule has 1 atom stereocenters. The predicted octanol–water partition coefficient (Wildman–Crippen LogP) is 3.47. The quantitative estimate of drug-likeness (QED) is 0.810. The zero-order valence-electron chi connectivity index (χ0n) is 12.7. The van der Waals surface area contributed by atoms with Gasteiger partial charge < -0.3 is 9.64 Å². The highest BCUT2D eigenvalue weighted by Crippen LogP contribution is 2.31. The second-order valence-corrected chi connectivity index (χ2v) is 5.97. The number of rotatable bonds is 3. The first-order valence-corrected chi connectivity index (χ1v) is 7.76. The number of esters is 1. The maximum atomic E-state index is 12.4. The Morgan fingerprint density at radius 2 is 2.00 bits per heavy atom. The molecule has 0 aromatic heterocycles. The summed E-state index contributed by atoms with van der Waals surface area (Å²) in [6, 6.07) is 14.3. The maximum absolute atomic E-state index is 12.4. The standard InChI is InChI=1S/C18H16ClNO3/c1-12-9-13-5-2-3-8-16(13)20(12)17(21)11-23-18(22)14-6-4-7-15(19)10-14/h2-8,10,12H,9,11H2,1H3/t12-/m0/s1. The molecule has 0 fully saturated rings. The van der Waals surface area contributed by atoms with Gasteiger partial charge in [-0.3, -0.25) is 4.79 Å². The molecule has 1 aliphatic heterocycles. The Kier molecular flexibility index (Phi) is 4.35. The van der Waals surface area contributed by atoms with E-state index in [2.05, 4.69) is 0 Å². The fraction of sp³-hybridized carbons (Fsp3) is 0.222. The summed E-state index contributed by atoms with van der Waals surface area (Å²) in [7, 11) is 0. The van der Waals surface area contributed by atoms with Gasteiger partial charge in [0.1, 0.15) is 0 Å². The molecule has 0 saturated carbocycles. The molecule has 0 radical (unpaired) electrons. The molecular weight excluding hydrogens is 314 g/mol. The molecule has 4 nitrogen and oxygen atoms in total. The van der Waals surface area contributed by atoms with E-state index >= 15 is 0 Å². The molecule has 2 aromatic rings. The Morgan fingerprint density at radius 3 is 2.78 bits per heavy atom. The number of hydrogen-bond donors (Lipinski definition) is 0. The van der Waals surface area contributed by atoms with E-state index in [0.29, 0.717) is 10.6 Å². The van der Waals surface area contributed by atoms with E-state index in [1.165, 1.54) is 6.07 Å². The monoisotopic (exact) mass is 329 g/mol. The van der Waals surface area contributed by atoms with Crippen LogP contribution in [-0.2, 0) is 16.0 Å². The van der Waals surface area contributed by atoms with Crippen LogP contribution in [0.1, 0.15) is 22.8 Å². The van der Waals surface area contributed by atoms with Crippen molar-refractivity contribution in [1.29, 1.82) is 0 Å². The lowest BCUT2D eigenvalue weighted by Crippen LogP contribution is -2.38. The summed E-state index contributed by atoms with van der Waals surface area (Å²) in [5.74, 6) is -0.779. The molecule has 1 amide bonds. The fourth-order valence-corrected chi connectivity index (χ4v) is 3.03. The summed E-state index contributed by atoms with van der Waals surface area (Å²) in [6.45, 7) is 1.70. The van der Waals surface area contributed by atoms with Gasteiger partial charge in [-0.1, -0.05) is 35.9 Å². The van der Waals surface area contributed by atoms with Crippen molar-refractivity contribution in [3.8, 4) is 0 Å². The molecule has 2 aromatic carbocycles. The first kappa shape index (κ1) is 15.6. The molecule has 118 valence electrons. The van der Waals surface area contributed by atoms with Gasteiger partial charge in [0.05, 0.1) is 5.56 Å². The van der Waals surface area contributed by atoms with E-state index in [0.717, 1.165) is 17.7 Å². The van der Waals surface area contributed by atoms with Crippen molar-refractivity contribution in [1.82, 2.24) is 0 Å². The average Bonchev–Trinajstić information content (AvgIpc) is 2.88. The van der Waals surface area contributed by atoms with Crippen LogP contribution in [0.4, 0.5) is 5.69 Å². The number of para-hydroxylation sites is 1. The molecule has 1 aliphatic rings. The van der Waals surface area contributed by atoms with E-state index in [1.54, 1.807) is 23.1 Å². The Labute approximate surface area is 139 Å². The number of fused-ring (bicyclic) bond motifs is 1. The topological polar surface area (TPSA) is 46.6 Å². The number of nitrogens with zero attached hydrogens (tertiary/aromatic N) is 1. The van der Waals surface area contributed by atoms with E-state index in [1.807, 2.05) is 31.2 Å². The zero-order valence-corrected chi connectivity index (χ0v) is 13.4.